The number of anilines is 3. The monoisotopic (exact) mass is 549 g/mol. The first-order valence-corrected chi connectivity index (χ1v) is 14.7. The summed E-state index contributed by atoms with van der Waals surface area (Å²) < 4.78 is 18.1. The van der Waals surface area contributed by atoms with Crippen LogP contribution in [0.25, 0.3) is 0 Å². The van der Waals surface area contributed by atoms with E-state index in [2.05, 4.69) is 54.2 Å². The van der Waals surface area contributed by atoms with Gasteiger partial charge in [-0.1, -0.05) is 24.3 Å². The number of amides is 1. The van der Waals surface area contributed by atoms with Crippen molar-refractivity contribution < 1.29 is 9.00 Å². The van der Waals surface area contributed by atoms with Crippen LogP contribution in [0.3, 0.4) is 0 Å². The number of nitrogens with two attached hydrogens (primary N) is 1. The van der Waals surface area contributed by atoms with Gasteiger partial charge >= 0.3 is 0 Å². The molecule has 6 rings (SSSR count). The first-order valence-electron chi connectivity index (χ1n) is 13.5. The topological polar surface area (TPSA) is 135 Å². The highest BCUT2D eigenvalue weighted by Gasteiger charge is 2.49. The molecular formula is C27H35N9O2S. The van der Waals surface area contributed by atoms with Gasteiger partial charge in [-0.25, -0.2) is 13.6 Å². The van der Waals surface area contributed by atoms with Gasteiger partial charge in [0, 0.05) is 32.2 Å². The second-order valence-electron chi connectivity index (χ2n) is 11.7. The van der Waals surface area contributed by atoms with Crippen LogP contribution in [0.1, 0.15) is 67.7 Å². The maximum Gasteiger partial charge on any atom is 0.283 e. The molecule has 3 N–H and O–H groups in total. The summed E-state index contributed by atoms with van der Waals surface area (Å²) in [6.45, 7) is 8.76. The predicted molar refractivity (Wildman–Crippen MR) is 151 cm³/mol. The number of nitrogens with one attached hydrogen (secondary N) is 1. The molecule has 206 valence electrons. The SMILES string of the molecule is CC(C)(C)[S@@](=O)NC1c2ccccc2CC12CCN(c1nnc(C(=O)N3CCCn4nccc43)c(N)n1)CC2. The number of carbonyl (C=O) groups excluding carboxylic acids is 1. The van der Waals surface area contributed by atoms with Crippen molar-refractivity contribution >= 4 is 34.5 Å². The Hall–Kier alpha value is -3.38. The van der Waals surface area contributed by atoms with Crippen LogP contribution in [-0.4, -0.2) is 59.5 Å². The number of aromatic nitrogens is 5. The van der Waals surface area contributed by atoms with E-state index >= 15 is 0 Å². The van der Waals surface area contributed by atoms with Gasteiger partial charge in [0.1, 0.15) is 5.82 Å². The molecule has 2 aromatic heterocycles. The summed E-state index contributed by atoms with van der Waals surface area (Å²) in [7, 11) is -1.19. The number of rotatable bonds is 4. The quantitative estimate of drug-likeness (QED) is 0.507. The second-order valence-corrected chi connectivity index (χ2v) is 13.7. The van der Waals surface area contributed by atoms with Crippen LogP contribution in [0.5, 0.6) is 0 Å². The molecule has 0 saturated carbocycles. The van der Waals surface area contributed by atoms with Gasteiger partial charge in [0.2, 0.25) is 5.95 Å². The minimum absolute atomic E-state index is 0.0120. The minimum atomic E-state index is -1.19. The molecule has 12 heteroatoms. The zero-order valence-electron chi connectivity index (χ0n) is 22.6. The lowest BCUT2D eigenvalue weighted by Crippen LogP contribution is -2.48. The van der Waals surface area contributed by atoms with E-state index in [0.29, 0.717) is 25.6 Å². The Morgan fingerprint density at radius 2 is 1.87 bits per heavy atom. The minimum Gasteiger partial charge on any atom is -0.382 e. The number of nitrogen functional groups attached to an aromatic ring is 1. The van der Waals surface area contributed by atoms with Gasteiger partial charge in [0.15, 0.2) is 11.5 Å². The molecule has 0 radical (unpaired) electrons. The summed E-state index contributed by atoms with van der Waals surface area (Å²) in [5.74, 6) is 0.921. The van der Waals surface area contributed by atoms with Crippen molar-refractivity contribution in [1.82, 2.24) is 29.7 Å². The molecule has 1 aromatic carbocycles. The first-order chi connectivity index (χ1) is 18.7. The van der Waals surface area contributed by atoms with Crippen LogP contribution in [0.4, 0.5) is 17.6 Å². The van der Waals surface area contributed by atoms with E-state index in [1.807, 2.05) is 26.8 Å². The third-order valence-electron chi connectivity index (χ3n) is 8.22. The molecular weight excluding hydrogens is 514 g/mol. The third kappa shape index (κ3) is 4.59. The van der Waals surface area contributed by atoms with Crippen LogP contribution >= 0.6 is 0 Å². The summed E-state index contributed by atoms with van der Waals surface area (Å²) in [6, 6.07) is 10.3. The summed E-state index contributed by atoms with van der Waals surface area (Å²) in [6.07, 6.45) is 5.18. The number of piperidine rings is 1. The number of fused-ring (bicyclic) bond motifs is 2. The number of hydrogen-bond donors (Lipinski definition) is 2. The van der Waals surface area contributed by atoms with E-state index in [1.165, 1.54) is 11.1 Å². The molecule has 2 atom stereocenters. The standard InChI is InChI=1S/C27H35N9O2S/c1-26(2,3)39(38)33-22-19-8-5-4-7-18(19)17-27(22)10-15-34(16-11-27)25-30-23(28)21(31-32-25)24(37)35-13-6-14-36-20(35)9-12-29-36/h4-5,7-9,12,22,33H,6,10-11,13-17H2,1-3H3,(H2,28,30,32)/t22?,39-/m1/s1. The molecule has 1 saturated heterocycles. The van der Waals surface area contributed by atoms with Gasteiger partial charge in [-0.15, -0.1) is 10.2 Å². The summed E-state index contributed by atoms with van der Waals surface area (Å²) in [5.41, 5.74) is 8.84. The van der Waals surface area contributed by atoms with Crippen molar-refractivity contribution in [3.05, 3.63) is 53.3 Å². The van der Waals surface area contributed by atoms with E-state index in [1.54, 1.807) is 15.8 Å². The average molecular weight is 550 g/mol. The van der Waals surface area contributed by atoms with E-state index in [-0.39, 0.29) is 33.6 Å². The van der Waals surface area contributed by atoms with Crippen molar-refractivity contribution in [3.63, 3.8) is 0 Å². The van der Waals surface area contributed by atoms with Crippen molar-refractivity contribution in [3.8, 4) is 0 Å². The number of carbonyl (C=O) groups is 1. The van der Waals surface area contributed by atoms with Gasteiger partial charge in [0.05, 0.1) is 28.0 Å². The number of benzene rings is 1. The maximum atomic E-state index is 13.3. The predicted octanol–water partition coefficient (Wildman–Crippen LogP) is 2.64. The highest BCUT2D eigenvalue weighted by Crippen LogP contribution is 2.52. The molecule has 1 fully saturated rings. The fraction of sp³-hybridized carbons (Fsp3) is 0.519. The van der Waals surface area contributed by atoms with Gasteiger partial charge in [0.25, 0.3) is 5.91 Å². The molecule has 1 unspecified atom stereocenters. The molecule has 3 aliphatic rings. The second kappa shape index (κ2) is 9.67. The molecule has 4 heterocycles. The van der Waals surface area contributed by atoms with Crippen LogP contribution in [0.15, 0.2) is 36.5 Å². The lowest BCUT2D eigenvalue weighted by molar-refractivity contribution is 0.0976. The number of nitrogens with zero attached hydrogens (tertiary/aromatic N) is 7. The molecule has 11 nitrogen and oxygen atoms in total. The van der Waals surface area contributed by atoms with Crippen molar-refractivity contribution in [1.29, 1.82) is 0 Å². The Morgan fingerprint density at radius 1 is 1.10 bits per heavy atom. The first kappa shape index (κ1) is 25.9. The van der Waals surface area contributed by atoms with E-state index in [4.69, 9.17) is 5.73 Å². The van der Waals surface area contributed by atoms with Gasteiger partial charge in [-0.2, -0.15) is 10.1 Å². The molecule has 1 amide bonds. The molecule has 39 heavy (non-hydrogen) atoms. The molecule has 2 aliphatic heterocycles. The Balaban J connectivity index is 1.19. The van der Waals surface area contributed by atoms with E-state index < -0.39 is 11.0 Å². The highest BCUT2D eigenvalue weighted by molar-refractivity contribution is 7.84. The third-order valence-corrected chi connectivity index (χ3v) is 9.78. The summed E-state index contributed by atoms with van der Waals surface area (Å²) >= 11 is 0. The van der Waals surface area contributed by atoms with Crippen LogP contribution < -0.4 is 20.3 Å². The zero-order chi connectivity index (χ0) is 27.4. The highest BCUT2D eigenvalue weighted by atomic mass is 32.2. The van der Waals surface area contributed by atoms with Gasteiger partial charge in [-0.05, 0) is 63.0 Å². The smallest absolute Gasteiger partial charge is 0.283 e. The Kier molecular flexibility index (Phi) is 6.41. The number of hydrogen-bond acceptors (Lipinski definition) is 8. The molecule has 3 aromatic rings. The Morgan fingerprint density at radius 3 is 2.62 bits per heavy atom. The fourth-order valence-electron chi connectivity index (χ4n) is 6.05. The zero-order valence-corrected chi connectivity index (χ0v) is 23.4. The molecule has 1 spiro atoms. The maximum absolute atomic E-state index is 13.3. The normalized spacial score (nSPS) is 21.1. The Bertz CT molecular complexity index is 1420. The van der Waals surface area contributed by atoms with Crippen molar-refractivity contribution in [2.24, 2.45) is 5.41 Å². The average Bonchev–Trinajstić information content (AvgIpc) is 3.51. The largest absolute Gasteiger partial charge is 0.382 e. The van der Waals surface area contributed by atoms with Crippen molar-refractivity contribution in [2.45, 2.75) is 63.8 Å². The fourth-order valence-corrected chi connectivity index (χ4v) is 6.99. The van der Waals surface area contributed by atoms with Crippen molar-refractivity contribution in [2.75, 3.05) is 35.2 Å². The van der Waals surface area contributed by atoms with Gasteiger partial charge < -0.3 is 10.6 Å². The number of aryl methyl sites for hydroxylation is 1. The Labute approximate surface area is 230 Å². The van der Waals surface area contributed by atoms with E-state index in [9.17, 15) is 9.00 Å². The summed E-state index contributed by atoms with van der Waals surface area (Å²) in [4.78, 5) is 21.5. The lowest BCUT2D eigenvalue weighted by atomic mass is 9.73. The van der Waals surface area contributed by atoms with Gasteiger partial charge in [-0.3, -0.25) is 9.69 Å². The van der Waals surface area contributed by atoms with Crippen LogP contribution in [0, 0.1) is 5.41 Å². The summed E-state index contributed by atoms with van der Waals surface area (Å²) in [5, 5.41) is 12.8. The van der Waals surface area contributed by atoms with Crippen LogP contribution in [0.2, 0.25) is 0 Å². The molecule has 1 aliphatic carbocycles. The molecule has 0 bridgehead atoms. The van der Waals surface area contributed by atoms with E-state index in [0.717, 1.165) is 38.0 Å². The van der Waals surface area contributed by atoms with Crippen LogP contribution in [-0.2, 0) is 24.0 Å². The lowest BCUT2D eigenvalue weighted by Gasteiger charge is -2.43.